The highest BCUT2D eigenvalue weighted by atomic mass is 16.2. The van der Waals surface area contributed by atoms with E-state index in [9.17, 15) is 9.59 Å². The van der Waals surface area contributed by atoms with Crippen molar-refractivity contribution in [3.8, 4) is 0 Å². The predicted molar refractivity (Wildman–Crippen MR) is 87.8 cm³/mol. The van der Waals surface area contributed by atoms with Gasteiger partial charge >= 0.3 is 0 Å². The molecule has 6 nitrogen and oxygen atoms in total. The number of hydrazone groups is 1. The first-order valence-electron chi connectivity index (χ1n) is 8.39. The summed E-state index contributed by atoms with van der Waals surface area (Å²) in [5.41, 5.74) is 3.28. The topological polar surface area (TPSA) is 75.5 Å². The van der Waals surface area contributed by atoms with Crippen molar-refractivity contribution in [2.24, 2.45) is 16.9 Å². The molecule has 1 aromatic heterocycles. The van der Waals surface area contributed by atoms with Crippen LogP contribution in [0.5, 0.6) is 0 Å². The number of carbonyl (C=O) groups is 2. The summed E-state index contributed by atoms with van der Waals surface area (Å²) in [5, 5.41) is 6.91. The summed E-state index contributed by atoms with van der Waals surface area (Å²) in [4.78, 5) is 23.8. The van der Waals surface area contributed by atoms with Gasteiger partial charge in [0.1, 0.15) is 0 Å². The van der Waals surface area contributed by atoms with Gasteiger partial charge in [0.15, 0.2) is 0 Å². The van der Waals surface area contributed by atoms with Crippen molar-refractivity contribution in [3.05, 3.63) is 24.5 Å². The summed E-state index contributed by atoms with van der Waals surface area (Å²) in [5.74, 6) is -0.0262. The molecular weight excluding hydrogens is 292 g/mol. The van der Waals surface area contributed by atoms with E-state index in [-0.39, 0.29) is 23.7 Å². The van der Waals surface area contributed by atoms with Gasteiger partial charge in [-0.3, -0.25) is 9.59 Å². The molecule has 1 fully saturated rings. The Morgan fingerprint density at radius 2 is 2.00 bits per heavy atom. The molecule has 1 aliphatic heterocycles. The van der Waals surface area contributed by atoms with Gasteiger partial charge in [-0.15, -0.1) is 0 Å². The second kappa shape index (κ2) is 6.98. The van der Waals surface area contributed by atoms with E-state index in [1.807, 2.05) is 19.1 Å². The van der Waals surface area contributed by atoms with Crippen LogP contribution in [-0.4, -0.2) is 28.6 Å². The third-order valence-electron chi connectivity index (χ3n) is 5.01. The highest BCUT2D eigenvalue weighted by molar-refractivity contribution is 6.06. The van der Waals surface area contributed by atoms with Crippen LogP contribution >= 0.6 is 0 Å². The quantitative estimate of drug-likeness (QED) is 0.870. The van der Waals surface area contributed by atoms with Crippen LogP contribution in [0, 0.1) is 11.8 Å². The Morgan fingerprint density at radius 1 is 1.30 bits per heavy atom. The molecule has 2 aliphatic rings. The van der Waals surface area contributed by atoms with Crippen LogP contribution in [0.15, 0.2) is 29.6 Å². The molecule has 2 N–H and O–H groups in total. The Kier molecular flexibility index (Phi) is 4.79. The lowest BCUT2D eigenvalue weighted by Gasteiger charge is -2.29. The third-order valence-corrected chi connectivity index (χ3v) is 5.01. The minimum Gasteiger partial charge on any atom is -0.356 e. The van der Waals surface area contributed by atoms with E-state index in [1.165, 1.54) is 0 Å². The lowest BCUT2D eigenvalue weighted by molar-refractivity contribution is -0.127. The molecule has 0 saturated heterocycles. The summed E-state index contributed by atoms with van der Waals surface area (Å²) in [7, 11) is 0. The van der Waals surface area contributed by atoms with Crippen molar-refractivity contribution < 1.29 is 9.59 Å². The fourth-order valence-electron chi connectivity index (χ4n) is 3.54. The molecular formula is C17H24N4O2. The van der Waals surface area contributed by atoms with Crippen LogP contribution in [0.3, 0.4) is 0 Å². The maximum Gasteiger partial charge on any atom is 0.248 e. The molecule has 1 aromatic rings. The van der Waals surface area contributed by atoms with Gasteiger partial charge in [-0.05, 0) is 51.2 Å². The summed E-state index contributed by atoms with van der Waals surface area (Å²) in [6.45, 7) is 2.37. The number of rotatable bonds is 5. The summed E-state index contributed by atoms with van der Waals surface area (Å²) in [6, 6.07) is 4.61. The number of nitrogens with one attached hydrogen (secondary N) is 2. The van der Waals surface area contributed by atoms with Crippen molar-refractivity contribution in [2.45, 2.75) is 45.1 Å². The Labute approximate surface area is 136 Å². The van der Waals surface area contributed by atoms with Gasteiger partial charge in [0.25, 0.3) is 0 Å². The van der Waals surface area contributed by atoms with Crippen molar-refractivity contribution in [2.75, 3.05) is 6.54 Å². The van der Waals surface area contributed by atoms with E-state index in [4.69, 9.17) is 0 Å². The van der Waals surface area contributed by atoms with E-state index in [0.717, 1.165) is 31.4 Å². The normalized spacial score (nSPS) is 27.4. The molecule has 1 saturated carbocycles. The Hall–Kier alpha value is -2.11. The smallest absolute Gasteiger partial charge is 0.248 e. The molecule has 6 heteroatoms. The van der Waals surface area contributed by atoms with Gasteiger partial charge in [0.05, 0.1) is 5.92 Å². The molecule has 0 bridgehead atoms. The van der Waals surface area contributed by atoms with E-state index >= 15 is 0 Å². The van der Waals surface area contributed by atoms with E-state index in [2.05, 4.69) is 32.8 Å². The molecule has 0 unspecified atom stereocenters. The lowest BCUT2D eigenvalue weighted by atomic mass is 9.85. The van der Waals surface area contributed by atoms with Gasteiger partial charge in [0, 0.05) is 36.6 Å². The van der Waals surface area contributed by atoms with Crippen molar-refractivity contribution >= 4 is 17.5 Å². The Bertz CT molecular complexity index is 586. The maximum atomic E-state index is 12.3. The van der Waals surface area contributed by atoms with Crippen LogP contribution < -0.4 is 10.7 Å². The molecule has 3 rings (SSSR count). The highest BCUT2D eigenvalue weighted by Crippen LogP contribution is 2.32. The third kappa shape index (κ3) is 3.63. The standard InChI is InChI=1S/C17H24N4O2/c1-12-15(17(23)20-19-12)8-9-18-16(22)13-4-6-14(7-5-13)21-10-2-3-11-21/h2-3,10-11,13-15H,4-9H2,1H3,(H,18,22)(H,20,23)/t13?,14?,15-/m0/s1. The maximum absolute atomic E-state index is 12.3. The molecule has 124 valence electrons. The van der Waals surface area contributed by atoms with E-state index in [1.54, 1.807) is 0 Å². The second-order valence-corrected chi connectivity index (χ2v) is 6.50. The van der Waals surface area contributed by atoms with Crippen molar-refractivity contribution in [1.82, 2.24) is 15.3 Å². The molecule has 0 aromatic carbocycles. The number of amides is 2. The SMILES string of the molecule is CC1=NNC(=O)[C@H]1CCNC(=O)C1CCC(n2cccc2)CC1. The highest BCUT2D eigenvalue weighted by Gasteiger charge is 2.28. The molecule has 1 aliphatic carbocycles. The van der Waals surface area contributed by atoms with Crippen LogP contribution in [0.1, 0.15) is 45.1 Å². The van der Waals surface area contributed by atoms with Crippen LogP contribution in [0.2, 0.25) is 0 Å². The predicted octanol–water partition coefficient (Wildman–Crippen LogP) is 1.85. The molecule has 0 radical (unpaired) electrons. The fraction of sp³-hybridized carbons (Fsp3) is 0.588. The Balaban J connectivity index is 1.40. The van der Waals surface area contributed by atoms with Crippen LogP contribution in [-0.2, 0) is 9.59 Å². The molecule has 1 atom stereocenters. The number of nitrogens with zero attached hydrogens (tertiary/aromatic N) is 2. The Morgan fingerprint density at radius 3 is 2.61 bits per heavy atom. The van der Waals surface area contributed by atoms with Crippen LogP contribution in [0.25, 0.3) is 0 Å². The second-order valence-electron chi connectivity index (χ2n) is 6.50. The van der Waals surface area contributed by atoms with Gasteiger partial charge in [-0.25, -0.2) is 5.43 Å². The number of aromatic nitrogens is 1. The van der Waals surface area contributed by atoms with Gasteiger partial charge in [0.2, 0.25) is 11.8 Å². The average molecular weight is 316 g/mol. The monoisotopic (exact) mass is 316 g/mol. The van der Waals surface area contributed by atoms with Gasteiger partial charge in [-0.2, -0.15) is 5.10 Å². The van der Waals surface area contributed by atoms with E-state index < -0.39 is 0 Å². The van der Waals surface area contributed by atoms with Crippen molar-refractivity contribution in [1.29, 1.82) is 0 Å². The fourth-order valence-corrected chi connectivity index (χ4v) is 3.54. The first-order valence-corrected chi connectivity index (χ1v) is 8.39. The zero-order valence-corrected chi connectivity index (χ0v) is 13.5. The number of hydrogen-bond donors (Lipinski definition) is 2. The lowest BCUT2D eigenvalue weighted by Crippen LogP contribution is -2.35. The summed E-state index contributed by atoms with van der Waals surface area (Å²) >= 11 is 0. The zero-order chi connectivity index (χ0) is 16.2. The largest absolute Gasteiger partial charge is 0.356 e. The van der Waals surface area contributed by atoms with Gasteiger partial charge in [-0.1, -0.05) is 0 Å². The molecule has 0 spiro atoms. The minimum atomic E-state index is -0.195. The first-order chi connectivity index (χ1) is 11.1. The number of hydrogen-bond acceptors (Lipinski definition) is 3. The summed E-state index contributed by atoms with van der Waals surface area (Å²) in [6.07, 6.45) is 8.76. The first kappa shape index (κ1) is 15.8. The zero-order valence-electron chi connectivity index (χ0n) is 13.5. The number of carbonyl (C=O) groups excluding carboxylic acids is 2. The van der Waals surface area contributed by atoms with Crippen molar-refractivity contribution in [3.63, 3.8) is 0 Å². The van der Waals surface area contributed by atoms with Crippen LogP contribution in [0.4, 0.5) is 0 Å². The van der Waals surface area contributed by atoms with E-state index in [0.29, 0.717) is 19.0 Å². The molecule has 2 heterocycles. The molecule has 2 amide bonds. The molecule has 23 heavy (non-hydrogen) atoms. The van der Waals surface area contributed by atoms with Gasteiger partial charge < -0.3 is 9.88 Å². The summed E-state index contributed by atoms with van der Waals surface area (Å²) < 4.78 is 2.24. The minimum absolute atomic E-state index is 0.0658. The average Bonchev–Trinajstić information content (AvgIpc) is 3.20.